The van der Waals surface area contributed by atoms with Gasteiger partial charge in [-0.1, -0.05) is 26.0 Å². The molecule has 0 aliphatic carbocycles. The number of hydrogen-bond acceptors (Lipinski definition) is 2. The summed E-state index contributed by atoms with van der Waals surface area (Å²) in [6.07, 6.45) is 4.36. The summed E-state index contributed by atoms with van der Waals surface area (Å²) in [6.45, 7) is 5.00. The number of nitrogens with one attached hydrogen (secondary N) is 1. The van der Waals surface area contributed by atoms with Crippen molar-refractivity contribution in [3.63, 3.8) is 0 Å². The van der Waals surface area contributed by atoms with E-state index in [-0.39, 0.29) is 5.91 Å². The van der Waals surface area contributed by atoms with Crippen molar-refractivity contribution in [3.8, 4) is 5.75 Å². The molecule has 1 aromatic rings. The highest BCUT2D eigenvalue weighted by Gasteiger charge is 1.97. The summed E-state index contributed by atoms with van der Waals surface area (Å²) >= 11 is 0. The third-order valence-electron chi connectivity index (χ3n) is 2.56. The van der Waals surface area contributed by atoms with E-state index in [1.165, 1.54) is 0 Å². The van der Waals surface area contributed by atoms with Crippen molar-refractivity contribution in [2.45, 2.75) is 20.3 Å². The zero-order chi connectivity index (χ0) is 13.4. The summed E-state index contributed by atoms with van der Waals surface area (Å²) in [5.74, 6) is 1.37. The van der Waals surface area contributed by atoms with Crippen LogP contribution in [0.1, 0.15) is 25.8 Å². The lowest BCUT2D eigenvalue weighted by Crippen LogP contribution is -2.23. The molecule has 98 valence electrons. The molecule has 18 heavy (non-hydrogen) atoms. The maximum atomic E-state index is 11.5. The minimum absolute atomic E-state index is 0.0496. The van der Waals surface area contributed by atoms with Crippen LogP contribution < -0.4 is 10.1 Å². The average molecular weight is 247 g/mol. The van der Waals surface area contributed by atoms with E-state index in [0.717, 1.165) is 24.3 Å². The first-order valence-electron chi connectivity index (χ1n) is 6.22. The molecule has 0 saturated heterocycles. The highest BCUT2D eigenvalue weighted by molar-refractivity contribution is 5.91. The highest BCUT2D eigenvalue weighted by atomic mass is 16.5. The Bertz CT molecular complexity index is 393. The van der Waals surface area contributed by atoms with Gasteiger partial charge in [0.15, 0.2) is 0 Å². The third-order valence-corrected chi connectivity index (χ3v) is 2.56. The highest BCUT2D eigenvalue weighted by Crippen LogP contribution is 2.12. The Morgan fingerprint density at radius 2 is 2.00 bits per heavy atom. The molecule has 0 fully saturated rings. The topological polar surface area (TPSA) is 38.3 Å². The van der Waals surface area contributed by atoms with Gasteiger partial charge in [-0.25, -0.2) is 0 Å². The van der Waals surface area contributed by atoms with E-state index in [4.69, 9.17) is 4.74 Å². The monoisotopic (exact) mass is 247 g/mol. The summed E-state index contributed by atoms with van der Waals surface area (Å²) in [5, 5.41) is 2.86. The first-order chi connectivity index (χ1) is 8.61. The second kappa shape index (κ2) is 7.54. The van der Waals surface area contributed by atoms with Crippen LogP contribution in [0.2, 0.25) is 0 Å². The lowest BCUT2D eigenvalue weighted by Gasteiger charge is -2.04. The van der Waals surface area contributed by atoms with Crippen molar-refractivity contribution >= 4 is 12.0 Å². The van der Waals surface area contributed by atoms with Gasteiger partial charge in [0.2, 0.25) is 5.91 Å². The fourth-order valence-corrected chi connectivity index (χ4v) is 1.43. The van der Waals surface area contributed by atoms with Crippen molar-refractivity contribution < 1.29 is 9.53 Å². The fourth-order valence-electron chi connectivity index (χ4n) is 1.43. The summed E-state index contributed by atoms with van der Waals surface area (Å²) in [5.41, 5.74) is 0.981. The summed E-state index contributed by atoms with van der Waals surface area (Å²) in [4.78, 5) is 11.5. The number of benzene rings is 1. The fraction of sp³-hybridized carbons (Fsp3) is 0.400. The van der Waals surface area contributed by atoms with Gasteiger partial charge in [-0.15, -0.1) is 0 Å². The molecular weight excluding hydrogens is 226 g/mol. The molecule has 0 radical (unpaired) electrons. The summed E-state index contributed by atoms with van der Waals surface area (Å²) < 4.78 is 5.07. The van der Waals surface area contributed by atoms with Gasteiger partial charge < -0.3 is 10.1 Å². The number of carbonyl (C=O) groups is 1. The maximum absolute atomic E-state index is 11.5. The normalized spacial score (nSPS) is 10.9. The van der Waals surface area contributed by atoms with E-state index in [0.29, 0.717) is 5.92 Å². The van der Waals surface area contributed by atoms with Crippen LogP contribution in [-0.2, 0) is 4.79 Å². The molecule has 0 spiro atoms. The summed E-state index contributed by atoms with van der Waals surface area (Å²) in [6, 6.07) is 7.57. The van der Waals surface area contributed by atoms with Crippen molar-refractivity contribution in [2.24, 2.45) is 5.92 Å². The molecule has 0 aromatic heterocycles. The van der Waals surface area contributed by atoms with Gasteiger partial charge in [0.25, 0.3) is 0 Å². The van der Waals surface area contributed by atoms with Crippen molar-refractivity contribution in [1.82, 2.24) is 5.32 Å². The maximum Gasteiger partial charge on any atom is 0.243 e. The molecule has 0 heterocycles. The number of amides is 1. The Morgan fingerprint density at radius 3 is 2.56 bits per heavy atom. The molecule has 1 amide bonds. The van der Waals surface area contributed by atoms with Crippen molar-refractivity contribution in [3.05, 3.63) is 35.9 Å². The molecule has 3 heteroatoms. The zero-order valence-corrected chi connectivity index (χ0v) is 11.3. The van der Waals surface area contributed by atoms with Crippen LogP contribution in [0.4, 0.5) is 0 Å². The lowest BCUT2D eigenvalue weighted by atomic mass is 10.1. The minimum Gasteiger partial charge on any atom is -0.497 e. The number of carbonyl (C=O) groups excluding carboxylic acids is 1. The van der Waals surface area contributed by atoms with Gasteiger partial charge in [-0.3, -0.25) is 4.79 Å². The van der Waals surface area contributed by atoms with E-state index in [1.54, 1.807) is 19.3 Å². The number of hydrogen-bond donors (Lipinski definition) is 1. The molecule has 1 N–H and O–H groups in total. The average Bonchev–Trinajstić information content (AvgIpc) is 2.36. The molecule has 0 atom stereocenters. The molecule has 1 aromatic carbocycles. The van der Waals surface area contributed by atoms with Crippen LogP contribution in [0, 0.1) is 5.92 Å². The zero-order valence-electron chi connectivity index (χ0n) is 11.3. The van der Waals surface area contributed by atoms with Gasteiger partial charge in [0.05, 0.1) is 7.11 Å². The molecule has 0 unspecified atom stereocenters. The van der Waals surface area contributed by atoms with Gasteiger partial charge in [-0.05, 0) is 36.1 Å². The molecule has 0 aliphatic heterocycles. The Morgan fingerprint density at radius 1 is 1.33 bits per heavy atom. The number of ether oxygens (including phenoxy) is 1. The molecule has 1 rings (SSSR count). The van der Waals surface area contributed by atoms with Crippen LogP contribution in [0.5, 0.6) is 5.75 Å². The molecule has 3 nitrogen and oxygen atoms in total. The third kappa shape index (κ3) is 5.53. The first kappa shape index (κ1) is 14.3. The Kier molecular flexibility index (Phi) is 5.98. The predicted molar refractivity (Wildman–Crippen MR) is 74.5 cm³/mol. The smallest absolute Gasteiger partial charge is 0.243 e. The quantitative estimate of drug-likeness (QED) is 0.785. The van der Waals surface area contributed by atoms with E-state index in [2.05, 4.69) is 19.2 Å². The Labute approximate surface area is 109 Å². The standard InChI is InChI=1S/C15H21NO2/c1-12(2)10-11-16-15(17)9-6-13-4-7-14(18-3)8-5-13/h4-9,12H,10-11H2,1-3H3,(H,16,17)/b9-6+. The van der Waals surface area contributed by atoms with Crippen LogP contribution in [0.15, 0.2) is 30.3 Å². The van der Waals surface area contributed by atoms with Crippen LogP contribution in [0.25, 0.3) is 6.08 Å². The minimum atomic E-state index is -0.0496. The van der Waals surface area contributed by atoms with Crippen LogP contribution in [0.3, 0.4) is 0 Å². The van der Waals surface area contributed by atoms with Crippen molar-refractivity contribution in [2.75, 3.05) is 13.7 Å². The summed E-state index contributed by atoms with van der Waals surface area (Å²) in [7, 11) is 1.63. The Balaban J connectivity index is 2.40. The number of rotatable bonds is 6. The molecule has 0 saturated carbocycles. The van der Waals surface area contributed by atoms with E-state index in [9.17, 15) is 4.79 Å². The lowest BCUT2D eigenvalue weighted by molar-refractivity contribution is -0.116. The van der Waals surface area contributed by atoms with E-state index in [1.807, 2.05) is 24.3 Å². The van der Waals surface area contributed by atoms with Gasteiger partial charge in [0, 0.05) is 12.6 Å². The van der Waals surface area contributed by atoms with Crippen molar-refractivity contribution in [1.29, 1.82) is 0 Å². The molecule has 0 aliphatic rings. The second-order valence-corrected chi connectivity index (χ2v) is 4.58. The van der Waals surface area contributed by atoms with E-state index >= 15 is 0 Å². The van der Waals surface area contributed by atoms with Gasteiger partial charge in [0.1, 0.15) is 5.75 Å². The largest absolute Gasteiger partial charge is 0.497 e. The van der Waals surface area contributed by atoms with Crippen LogP contribution >= 0.6 is 0 Å². The number of methoxy groups -OCH3 is 1. The first-order valence-corrected chi connectivity index (χ1v) is 6.22. The molecule has 0 bridgehead atoms. The van der Waals surface area contributed by atoms with Crippen LogP contribution in [-0.4, -0.2) is 19.6 Å². The Hall–Kier alpha value is -1.77. The van der Waals surface area contributed by atoms with Gasteiger partial charge in [-0.2, -0.15) is 0 Å². The van der Waals surface area contributed by atoms with E-state index < -0.39 is 0 Å². The molecular formula is C15H21NO2. The van der Waals surface area contributed by atoms with Gasteiger partial charge >= 0.3 is 0 Å². The SMILES string of the molecule is COc1ccc(/C=C/C(=O)NCCC(C)C)cc1. The second-order valence-electron chi connectivity index (χ2n) is 4.58. The predicted octanol–water partition coefficient (Wildman–Crippen LogP) is 2.87.